The molecule has 6 nitrogen and oxygen atoms in total. The number of fused-ring (bicyclic) bond motifs is 5. The third-order valence-electron chi connectivity index (χ3n) is 8.29. The summed E-state index contributed by atoms with van der Waals surface area (Å²) < 4.78 is 0. The average Bonchev–Trinajstić information content (AvgIpc) is 3.18. The van der Waals surface area contributed by atoms with Crippen LogP contribution in [0.5, 0.6) is 0 Å². The van der Waals surface area contributed by atoms with Gasteiger partial charge in [0.2, 0.25) is 0 Å². The van der Waals surface area contributed by atoms with Crippen LogP contribution in [0, 0.1) is 17.3 Å². The van der Waals surface area contributed by atoms with Crippen LogP contribution in [0.25, 0.3) is 5.57 Å². The van der Waals surface area contributed by atoms with Gasteiger partial charge in [-0.2, -0.15) is 0 Å². The molecule has 6 heteroatoms. The number of rotatable bonds is 6. The Balaban J connectivity index is 1.30. The summed E-state index contributed by atoms with van der Waals surface area (Å²) in [6.45, 7) is 2.82. The molecule has 2 aromatic rings. The van der Waals surface area contributed by atoms with Gasteiger partial charge in [0.1, 0.15) is 6.33 Å². The molecule has 0 bridgehead atoms. The molecular formula is C27H31N3O3. The van der Waals surface area contributed by atoms with Crippen LogP contribution in [0.3, 0.4) is 0 Å². The molecule has 2 N–H and O–H groups in total. The van der Waals surface area contributed by atoms with Crippen molar-refractivity contribution in [2.75, 3.05) is 6.54 Å². The van der Waals surface area contributed by atoms with E-state index in [-0.39, 0.29) is 17.7 Å². The van der Waals surface area contributed by atoms with Gasteiger partial charge in [-0.3, -0.25) is 9.59 Å². The Bertz CT molecular complexity index is 1100. The minimum Gasteiger partial charge on any atom is -0.481 e. The third-order valence-corrected chi connectivity index (χ3v) is 8.29. The van der Waals surface area contributed by atoms with Crippen LogP contribution < -0.4 is 5.32 Å². The first-order valence-electron chi connectivity index (χ1n) is 12.1. The maximum atomic E-state index is 12.5. The number of carboxylic acids is 1. The van der Waals surface area contributed by atoms with Crippen molar-refractivity contribution in [3.63, 3.8) is 0 Å². The van der Waals surface area contributed by atoms with Gasteiger partial charge in [0, 0.05) is 36.5 Å². The van der Waals surface area contributed by atoms with Gasteiger partial charge in [-0.25, -0.2) is 9.97 Å². The van der Waals surface area contributed by atoms with Crippen molar-refractivity contribution < 1.29 is 14.7 Å². The second kappa shape index (κ2) is 8.73. The molecule has 0 radical (unpaired) electrons. The normalized spacial score (nSPS) is 27.7. The molecule has 33 heavy (non-hydrogen) atoms. The smallest absolute Gasteiger partial charge is 0.303 e. The number of nitrogens with one attached hydrogen (secondary N) is 1. The van der Waals surface area contributed by atoms with Crippen LogP contribution in [0.2, 0.25) is 0 Å². The highest BCUT2D eigenvalue weighted by Gasteiger charge is 2.51. The van der Waals surface area contributed by atoms with E-state index in [2.05, 4.69) is 40.4 Å². The van der Waals surface area contributed by atoms with E-state index in [1.54, 1.807) is 6.33 Å². The first kappa shape index (κ1) is 21.8. The SMILES string of the molecule is C[C@]12CCC3c4ccc(C(=O)NCCCC(=O)O)cc4CCC3C1CC=C2c1cncnc1. The Kier molecular flexibility index (Phi) is 5.77. The van der Waals surface area contributed by atoms with E-state index >= 15 is 0 Å². The second-order valence-corrected chi connectivity index (χ2v) is 10.0. The van der Waals surface area contributed by atoms with Crippen LogP contribution in [-0.4, -0.2) is 33.5 Å². The van der Waals surface area contributed by atoms with Gasteiger partial charge in [-0.05, 0) is 90.5 Å². The minimum absolute atomic E-state index is 0.0709. The number of nitrogens with zero attached hydrogens (tertiary/aromatic N) is 2. The molecule has 0 aliphatic heterocycles. The molecule has 1 heterocycles. The van der Waals surface area contributed by atoms with Gasteiger partial charge >= 0.3 is 5.97 Å². The third kappa shape index (κ3) is 3.96. The van der Waals surface area contributed by atoms with E-state index in [4.69, 9.17) is 5.11 Å². The van der Waals surface area contributed by atoms with Crippen molar-refractivity contribution in [2.45, 2.75) is 57.8 Å². The fraction of sp³-hybridized carbons (Fsp3) is 0.481. The number of amides is 1. The highest BCUT2D eigenvalue weighted by atomic mass is 16.4. The number of aromatic nitrogens is 2. The van der Waals surface area contributed by atoms with E-state index in [1.807, 2.05) is 18.5 Å². The number of aryl methyl sites for hydroxylation is 1. The zero-order chi connectivity index (χ0) is 23.0. The van der Waals surface area contributed by atoms with E-state index < -0.39 is 5.97 Å². The number of carbonyl (C=O) groups excluding carboxylic acids is 1. The molecule has 1 aromatic carbocycles. The van der Waals surface area contributed by atoms with Crippen molar-refractivity contribution in [1.82, 2.24) is 15.3 Å². The van der Waals surface area contributed by atoms with Crippen molar-refractivity contribution >= 4 is 17.4 Å². The number of carbonyl (C=O) groups is 2. The maximum absolute atomic E-state index is 12.5. The Morgan fingerprint density at radius 2 is 2.03 bits per heavy atom. The van der Waals surface area contributed by atoms with Gasteiger partial charge in [0.05, 0.1) is 0 Å². The molecule has 0 spiro atoms. The van der Waals surface area contributed by atoms with Crippen molar-refractivity contribution in [2.24, 2.45) is 17.3 Å². The molecule has 0 saturated heterocycles. The van der Waals surface area contributed by atoms with Crippen LogP contribution in [0.15, 0.2) is 43.0 Å². The quantitative estimate of drug-likeness (QED) is 0.633. The zero-order valence-electron chi connectivity index (χ0n) is 19.1. The van der Waals surface area contributed by atoms with E-state index in [9.17, 15) is 9.59 Å². The number of benzene rings is 1. The monoisotopic (exact) mass is 445 g/mol. The number of hydrogen-bond donors (Lipinski definition) is 2. The van der Waals surface area contributed by atoms with E-state index in [0.717, 1.165) is 37.7 Å². The van der Waals surface area contributed by atoms with Crippen molar-refractivity contribution in [3.8, 4) is 0 Å². The summed E-state index contributed by atoms with van der Waals surface area (Å²) in [5.74, 6) is 0.899. The molecule has 3 aliphatic carbocycles. The lowest BCUT2D eigenvalue weighted by Crippen LogP contribution is -2.41. The molecule has 3 aliphatic rings. The molecule has 4 atom stereocenters. The summed E-state index contributed by atoms with van der Waals surface area (Å²) in [5, 5.41) is 11.6. The topological polar surface area (TPSA) is 92.2 Å². The minimum atomic E-state index is -0.835. The van der Waals surface area contributed by atoms with E-state index in [0.29, 0.717) is 36.3 Å². The predicted octanol–water partition coefficient (Wildman–Crippen LogP) is 4.62. The number of carboxylic acid groups (broad SMARTS) is 1. The average molecular weight is 446 g/mol. The van der Waals surface area contributed by atoms with Crippen LogP contribution in [0.1, 0.15) is 78.4 Å². The fourth-order valence-electron chi connectivity index (χ4n) is 6.72. The number of aliphatic carboxylic acids is 1. The molecule has 1 amide bonds. The Hall–Kier alpha value is -3.02. The van der Waals surface area contributed by atoms with Crippen LogP contribution in [0.4, 0.5) is 0 Å². The molecular weight excluding hydrogens is 414 g/mol. The highest BCUT2D eigenvalue weighted by Crippen LogP contribution is 2.62. The zero-order valence-corrected chi connectivity index (χ0v) is 19.1. The summed E-state index contributed by atoms with van der Waals surface area (Å²) in [6, 6.07) is 6.18. The van der Waals surface area contributed by atoms with Crippen molar-refractivity contribution in [1.29, 1.82) is 0 Å². The van der Waals surface area contributed by atoms with Gasteiger partial charge < -0.3 is 10.4 Å². The van der Waals surface area contributed by atoms with Gasteiger partial charge in [-0.1, -0.05) is 19.1 Å². The molecule has 172 valence electrons. The lowest BCUT2D eigenvalue weighted by atomic mass is 9.54. The Morgan fingerprint density at radius 1 is 1.21 bits per heavy atom. The van der Waals surface area contributed by atoms with Gasteiger partial charge in [-0.15, -0.1) is 0 Å². The summed E-state index contributed by atoms with van der Waals surface area (Å²) >= 11 is 0. The molecule has 1 saturated carbocycles. The summed E-state index contributed by atoms with van der Waals surface area (Å²) in [7, 11) is 0. The Morgan fingerprint density at radius 3 is 2.82 bits per heavy atom. The van der Waals surface area contributed by atoms with Gasteiger partial charge in [0.25, 0.3) is 5.91 Å². The first-order chi connectivity index (χ1) is 16.0. The fourth-order valence-corrected chi connectivity index (χ4v) is 6.72. The predicted molar refractivity (Wildman–Crippen MR) is 126 cm³/mol. The largest absolute Gasteiger partial charge is 0.481 e. The molecule has 5 rings (SSSR count). The standard InChI is InChI=1S/C27H31N3O3/c1-27-11-10-21-20-6-5-18(26(33)30-12-2-3-25(31)32)13-17(20)4-7-22(21)24(27)9-8-23(27)19-14-28-16-29-15-19/h5-6,8,13-16,21-22,24H,2-4,7,9-12H2,1H3,(H,30,33)(H,31,32)/t21?,22?,24?,27-/m1/s1. The number of hydrogen-bond acceptors (Lipinski definition) is 4. The van der Waals surface area contributed by atoms with Crippen LogP contribution in [-0.2, 0) is 11.2 Å². The van der Waals surface area contributed by atoms with E-state index in [1.165, 1.54) is 16.7 Å². The summed E-state index contributed by atoms with van der Waals surface area (Å²) in [5.41, 5.74) is 6.17. The Labute approximate surface area is 194 Å². The van der Waals surface area contributed by atoms with Crippen molar-refractivity contribution in [3.05, 3.63) is 65.2 Å². The molecule has 1 fully saturated rings. The summed E-state index contributed by atoms with van der Waals surface area (Å²) in [6.07, 6.45) is 14.0. The highest BCUT2D eigenvalue weighted by molar-refractivity contribution is 5.94. The molecule has 3 unspecified atom stereocenters. The maximum Gasteiger partial charge on any atom is 0.303 e. The summed E-state index contributed by atoms with van der Waals surface area (Å²) in [4.78, 5) is 31.7. The molecule has 1 aromatic heterocycles. The van der Waals surface area contributed by atoms with Crippen LogP contribution >= 0.6 is 0 Å². The first-order valence-corrected chi connectivity index (χ1v) is 12.1. The lowest BCUT2D eigenvalue weighted by molar-refractivity contribution is -0.137. The number of allylic oxidation sites excluding steroid dienone is 2. The lowest BCUT2D eigenvalue weighted by Gasteiger charge is -2.50. The second-order valence-electron chi connectivity index (χ2n) is 10.0. The van der Waals surface area contributed by atoms with Gasteiger partial charge in [0.15, 0.2) is 0 Å².